The van der Waals surface area contributed by atoms with Crippen molar-refractivity contribution in [3.8, 4) is 0 Å². The zero-order valence-corrected chi connectivity index (χ0v) is 18.7. The molecule has 3 aromatic rings. The number of allylic oxidation sites excluding steroid dienone is 3. The first-order valence-electron chi connectivity index (χ1n) is 11.1. The number of nitrogens with zero attached hydrogens (tertiary/aromatic N) is 2. The van der Waals surface area contributed by atoms with Gasteiger partial charge in [-0.05, 0) is 79.6 Å². The topological polar surface area (TPSA) is 48.8 Å². The van der Waals surface area contributed by atoms with Crippen LogP contribution in [0.2, 0.25) is 0 Å². The van der Waals surface area contributed by atoms with E-state index in [-0.39, 0.29) is 0 Å². The summed E-state index contributed by atoms with van der Waals surface area (Å²) >= 11 is 0. The monoisotopic (exact) mass is 422 g/mol. The van der Waals surface area contributed by atoms with Gasteiger partial charge in [-0.25, -0.2) is 0 Å². The average molecular weight is 423 g/mol. The number of hydrogen-bond donors (Lipinski definition) is 2. The van der Waals surface area contributed by atoms with E-state index in [1.807, 2.05) is 92.7 Å². The third kappa shape index (κ3) is 7.40. The second-order valence-electron chi connectivity index (χ2n) is 6.91. The van der Waals surface area contributed by atoms with Crippen molar-refractivity contribution in [2.75, 3.05) is 10.6 Å². The Morgan fingerprint density at radius 2 is 1.16 bits per heavy atom. The number of nitrogens with one attached hydrogen (secondary N) is 2. The van der Waals surface area contributed by atoms with Gasteiger partial charge in [-0.3, -0.25) is 9.98 Å². The summed E-state index contributed by atoms with van der Waals surface area (Å²) in [6.07, 6.45) is 12.2. The molecule has 0 spiro atoms. The number of anilines is 3. The molecule has 0 fully saturated rings. The van der Waals surface area contributed by atoms with Gasteiger partial charge in [0.2, 0.25) is 0 Å². The third-order valence-electron chi connectivity index (χ3n) is 4.59. The quantitative estimate of drug-likeness (QED) is 0.377. The number of benzene rings is 3. The first-order chi connectivity index (χ1) is 15.8. The Bertz CT molecular complexity index is 1060. The van der Waals surface area contributed by atoms with E-state index in [9.17, 15) is 0 Å². The number of aliphatic imine (C=N–C) groups is 2. The highest BCUT2D eigenvalue weighted by atomic mass is 14.9. The van der Waals surface area contributed by atoms with Crippen molar-refractivity contribution in [1.29, 1.82) is 0 Å². The average Bonchev–Trinajstić information content (AvgIpc) is 2.86. The molecule has 162 valence electrons. The molecule has 1 aliphatic carbocycles. The zero-order chi connectivity index (χ0) is 22.4. The Morgan fingerprint density at radius 1 is 0.625 bits per heavy atom. The summed E-state index contributed by atoms with van der Waals surface area (Å²) in [7, 11) is 0. The Kier molecular flexibility index (Phi) is 9.03. The van der Waals surface area contributed by atoms with Crippen LogP contribution in [0.1, 0.15) is 26.7 Å². The van der Waals surface area contributed by atoms with Gasteiger partial charge < -0.3 is 10.6 Å². The van der Waals surface area contributed by atoms with Crippen LogP contribution in [-0.2, 0) is 0 Å². The van der Waals surface area contributed by atoms with Crippen LogP contribution < -0.4 is 10.6 Å². The molecule has 32 heavy (non-hydrogen) atoms. The maximum atomic E-state index is 4.44. The van der Waals surface area contributed by atoms with E-state index in [4.69, 9.17) is 0 Å². The third-order valence-corrected chi connectivity index (χ3v) is 4.59. The molecule has 0 unspecified atom stereocenters. The minimum atomic E-state index is 0.883. The predicted octanol–water partition coefficient (Wildman–Crippen LogP) is 8.21. The van der Waals surface area contributed by atoms with Crippen LogP contribution in [0.3, 0.4) is 0 Å². The fourth-order valence-electron chi connectivity index (χ4n) is 3.06. The molecule has 0 heterocycles. The fourth-order valence-corrected chi connectivity index (χ4v) is 3.06. The summed E-state index contributed by atoms with van der Waals surface area (Å²) < 4.78 is 0. The van der Waals surface area contributed by atoms with Crippen LogP contribution in [0.15, 0.2) is 113 Å². The molecule has 0 atom stereocenters. The zero-order valence-electron chi connectivity index (χ0n) is 18.7. The van der Waals surface area contributed by atoms with Gasteiger partial charge in [0, 0.05) is 35.2 Å². The smallest absolute Gasteiger partial charge is 0.0631 e. The molecule has 4 nitrogen and oxygen atoms in total. The van der Waals surface area contributed by atoms with E-state index in [1.165, 1.54) is 0 Å². The van der Waals surface area contributed by atoms with E-state index >= 15 is 0 Å². The molecule has 0 aromatic heterocycles. The molecule has 0 aliphatic heterocycles. The van der Waals surface area contributed by atoms with Gasteiger partial charge in [0.05, 0.1) is 11.4 Å². The summed E-state index contributed by atoms with van der Waals surface area (Å²) in [5.74, 6) is 0. The number of para-hydroxylation sites is 1. The first-order valence-corrected chi connectivity index (χ1v) is 11.1. The minimum Gasteiger partial charge on any atom is -0.356 e. The Labute approximate surface area is 191 Å². The maximum absolute atomic E-state index is 4.44. The van der Waals surface area contributed by atoms with Crippen molar-refractivity contribution < 1.29 is 0 Å². The molecule has 0 saturated heterocycles. The summed E-state index contributed by atoms with van der Waals surface area (Å²) in [6.45, 7) is 4.00. The molecule has 0 bridgehead atoms. The van der Waals surface area contributed by atoms with Crippen molar-refractivity contribution in [2.24, 2.45) is 9.98 Å². The molecular weight excluding hydrogens is 392 g/mol. The molecule has 0 amide bonds. The van der Waals surface area contributed by atoms with E-state index in [0.29, 0.717) is 0 Å². The Morgan fingerprint density at radius 3 is 1.69 bits per heavy atom. The molecule has 0 radical (unpaired) electrons. The second kappa shape index (κ2) is 12.7. The van der Waals surface area contributed by atoms with Crippen LogP contribution in [0.25, 0.3) is 0 Å². The van der Waals surface area contributed by atoms with Gasteiger partial charge >= 0.3 is 0 Å². The normalized spacial score (nSPS) is 12.9. The van der Waals surface area contributed by atoms with E-state index in [1.54, 1.807) is 12.4 Å². The van der Waals surface area contributed by atoms with Gasteiger partial charge in [-0.15, -0.1) is 0 Å². The van der Waals surface area contributed by atoms with Gasteiger partial charge in [-0.1, -0.05) is 44.2 Å². The molecule has 3 aromatic carbocycles. The highest BCUT2D eigenvalue weighted by molar-refractivity contribution is 6.17. The predicted molar refractivity (Wildman–Crippen MR) is 140 cm³/mol. The van der Waals surface area contributed by atoms with Crippen molar-refractivity contribution in [2.45, 2.75) is 26.7 Å². The van der Waals surface area contributed by atoms with Crippen LogP contribution >= 0.6 is 0 Å². The standard InChI is InChI=1S/C26H24N4.C2H6/c1-3-7-23(8-4-1)29-25-15-11-21(12-16-25)27-19-20-28-22-13-17-26(18-14-22)30-24-9-5-2-6-10-24;1-2/h1,3-5,7-20,29-30H,2,6H2;1-2H3. The lowest BCUT2D eigenvalue weighted by molar-refractivity contribution is 1.02. The summed E-state index contributed by atoms with van der Waals surface area (Å²) in [5, 5.41) is 6.77. The van der Waals surface area contributed by atoms with Crippen molar-refractivity contribution in [1.82, 2.24) is 0 Å². The molecule has 2 N–H and O–H groups in total. The van der Waals surface area contributed by atoms with Crippen molar-refractivity contribution >= 4 is 40.9 Å². The Balaban J connectivity index is 0.00000141. The van der Waals surface area contributed by atoms with Crippen molar-refractivity contribution in [3.63, 3.8) is 0 Å². The highest BCUT2D eigenvalue weighted by Gasteiger charge is 1.98. The summed E-state index contributed by atoms with van der Waals surface area (Å²) in [4.78, 5) is 8.87. The molecule has 4 heteroatoms. The molecule has 1 aliphatic rings. The number of hydrogen-bond acceptors (Lipinski definition) is 4. The molecular formula is C28H30N4. The lowest BCUT2D eigenvalue weighted by Crippen LogP contribution is -1.98. The second-order valence-corrected chi connectivity index (χ2v) is 6.91. The SMILES string of the molecule is C1=CC(Nc2ccc(N=CC=Nc3ccc(Nc4ccccc4)cc3)cc2)=CCC1.CC. The van der Waals surface area contributed by atoms with E-state index in [2.05, 4.69) is 38.8 Å². The first kappa shape index (κ1) is 22.8. The Hall–Kier alpha value is -3.92. The van der Waals surface area contributed by atoms with Crippen LogP contribution in [0.4, 0.5) is 28.4 Å². The van der Waals surface area contributed by atoms with E-state index in [0.717, 1.165) is 47.0 Å². The molecule has 4 rings (SSSR count). The summed E-state index contributed by atoms with van der Waals surface area (Å²) in [5.41, 5.74) is 6.08. The lowest BCUT2D eigenvalue weighted by Gasteiger charge is -2.10. The fraction of sp³-hybridized carbons (Fsp3) is 0.143. The van der Waals surface area contributed by atoms with Crippen LogP contribution in [-0.4, -0.2) is 12.4 Å². The van der Waals surface area contributed by atoms with Crippen molar-refractivity contribution in [3.05, 3.63) is 103 Å². The minimum absolute atomic E-state index is 0.883. The molecule has 0 saturated carbocycles. The maximum Gasteiger partial charge on any atom is 0.0631 e. The lowest BCUT2D eigenvalue weighted by atomic mass is 10.1. The van der Waals surface area contributed by atoms with Gasteiger partial charge in [0.1, 0.15) is 0 Å². The van der Waals surface area contributed by atoms with Crippen LogP contribution in [0.5, 0.6) is 0 Å². The van der Waals surface area contributed by atoms with Crippen LogP contribution in [0, 0.1) is 0 Å². The van der Waals surface area contributed by atoms with Gasteiger partial charge in [-0.2, -0.15) is 0 Å². The highest BCUT2D eigenvalue weighted by Crippen LogP contribution is 2.21. The van der Waals surface area contributed by atoms with Gasteiger partial charge in [0.25, 0.3) is 0 Å². The largest absolute Gasteiger partial charge is 0.356 e. The summed E-state index contributed by atoms with van der Waals surface area (Å²) in [6, 6.07) is 26.1. The van der Waals surface area contributed by atoms with Gasteiger partial charge in [0.15, 0.2) is 0 Å². The van der Waals surface area contributed by atoms with E-state index < -0.39 is 0 Å². The number of rotatable bonds is 7.